The summed E-state index contributed by atoms with van der Waals surface area (Å²) in [6, 6.07) is 10.3. The fourth-order valence-electron chi connectivity index (χ4n) is 2.59. The molecule has 3 nitrogen and oxygen atoms in total. The van der Waals surface area contributed by atoms with E-state index in [9.17, 15) is 4.79 Å². The maximum atomic E-state index is 12.0. The molecule has 0 saturated carbocycles. The summed E-state index contributed by atoms with van der Waals surface area (Å²) in [6.07, 6.45) is 7.91. The average molecular weight is 264 g/mol. The molecular weight excluding hydrogens is 248 g/mol. The van der Waals surface area contributed by atoms with Crippen LogP contribution >= 0.6 is 0 Å². The Bertz CT molecular complexity index is 662. The highest BCUT2D eigenvalue weighted by molar-refractivity contribution is 6.03. The SMILES string of the molecule is C/C=C/C(=O)N1CCc2cc(-c3ccncc3)ccc21. The topological polar surface area (TPSA) is 33.2 Å². The summed E-state index contributed by atoms with van der Waals surface area (Å²) in [5.74, 6) is 0.0583. The summed E-state index contributed by atoms with van der Waals surface area (Å²) in [7, 11) is 0. The lowest BCUT2D eigenvalue weighted by Crippen LogP contribution is -2.26. The van der Waals surface area contributed by atoms with Gasteiger partial charge >= 0.3 is 0 Å². The van der Waals surface area contributed by atoms with Crippen LogP contribution in [0.2, 0.25) is 0 Å². The molecule has 0 aliphatic carbocycles. The fourth-order valence-corrected chi connectivity index (χ4v) is 2.59. The Hall–Kier alpha value is -2.42. The molecule has 3 rings (SSSR count). The molecule has 0 fully saturated rings. The Balaban J connectivity index is 1.95. The van der Waals surface area contributed by atoms with Gasteiger partial charge in [0.2, 0.25) is 0 Å². The number of carbonyl (C=O) groups excluding carboxylic acids is 1. The van der Waals surface area contributed by atoms with Crippen LogP contribution in [0.1, 0.15) is 12.5 Å². The first kappa shape index (κ1) is 12.6. The smallest absolute Gasteiger partial charge is 0.250 e. The highest BCUT2D eigenvalue weighted by atomic mass is 16.2. The van der Waals surface area contributed by atoms with E-state index in [-0.39, 0.29) is 5.91 Å². The van der Waals surface area contributed by atoms with Crippen LogP contribution in [0.3, 0.4) is 0 Å². The standard InChI is InChI=1S/C17H16N2O/c1-2-3-17(20)19-11-8-15-12-14(4-5-16(15)19)13-6-9-18-10-7-13/h2-7,9-10,12H,8,11H2,1H3/b3-2+. The van der Waals surface area contributed by atoms with E-state index in [0.29, 0.717) is 0 Å². The number of amides is 1. The minimum absolute atomic E-state index is 0.0583. The summed E-state index contributed by atoms with van der Waals surface area (Å²) in [4.78, 5) is 17.9. The van der Waals surface area contributed by atoms with Gasteiger partial charge in [-0.05, 0) is 60.4 Å². The molecule has 100 valence electrons. The average Bonchev–Trinajstić information content (AvgIpc) is 2.91. The molecule has 20 heavy (non-hydrogen) atoms. The Morgan fingerprint density at radius 3 is 2.75 bits per heavy atom. The number of fused-ring (bicyclic) bond motifs is 1. The van der Waals surface area contributed by atoms with Gasteiger partial charge in [-0.15, -0.1) is 0 Å². The molecule has 1 amide bonds. The number of aromatic nitrogens is 1. The second kappa shape index (κ2) is 5.29. The molecule has 1 aliphatic heterocycles. The van der Waals surface area contributed by atoms with Crippen LogP contribution < -0.4 is 4.90 Å². The quantitative estimate of drug-likeness (QED) is 0.780. The van der Waals surface area contributed by atoms with Crippen molar-refractivity contribution in [3.63, 3.8) is 0 Å². The number of carbonyl (C=O) groups is 1. The molecule has 0 radical (unpaired) electrons. The van der Waals surface area contributed by atoms with Crippen molar-refractivity contribution in [3.8, 4) is 11.1 Å². The summed E-state index contributed by atoms with van der Waals surface area (Å²) in [5, 5.41) is 0. The number of pyridine rings is 1. The number of benzene rings is 1. The van der Waals surface area contributed by atoms with E-state index in [1.54, 1.807) is 24.5 Å². The Kier molecular flexibility index (Phi) is 3.33. The van der Waals surface area contributed by atoms with Crippen LogP contribution in [0.4, 0.5) is 5.69 Å². The largest absolute Gasteiger partial charge is 0.308 e. The van der Waals surface area contributed by atoms with Crippen molar-refractivity contribution in [1.29, 1.82) is 0 Å². The Morgan fingerprint density at radius 1 is 1.20 bits per heavy atom. The van der Waals surface area contributed by atoms with Crippen LogP contribution in [0.15, 0.2) is 54.9 Å². The molecule has 1 aliphatic rings. The molecule has 1 aromatic heterocycles. The molecule has 0 unspecified atom stereocenters. The lowest BCUT2D eigenvalue weighted by Gasteiger charge is -2.15. The minimum Gasteiger partial charge on any atom is -0.308 e. The van der Waals surface area contributed by atoms with E-state index >= 15 is 0 Å². The lowest BCUT2D eigenvalue weighted by molar-refractivity contribution is -0.114. The summed E-state index contributed by atoms with van der Waals surface area (Å²) < 4.78 is 0. The van der Waals surface area contributed by atoms with Crippen molar-refractivity contribution >= 4 is 11.6 Å². The van der Waals surface area contributed by atoms with Gasteiger partial charge in [0.05, 0.1) is 0 Å². The molecule has 2 heterocycles. The zero-order chi connectivity index (χ0) is 13.9. The summed E-state index contributed by atoms with van der Waals surface area (Å²) in [5.41, 5.74) is 4.59. The van der Waals surface area contributed by atoms with E-state index in [1.807, 2.05) is 30.0 Å². The predicted molar refractivity (Wildman–Crippen MR) is 80.5 cm³/mol. The van der Waals surface area contributed by atoms with Gasteiger partial charge in [-0.2, -0.15) is 0 Å². The molecule has 1 aromatic carbocycles. The van der Waals surface area contributed by atoms with Crippen molar-refractivity contribution in [2.75, 3.05) is 11.4 Å². The first-order valence-electron chi connectivity index (χ1n) is 6.77. The van der Waals surface area contributed by atoms with E-state index in [0.717, 1.165) is 24.2 Å². The van der Waals surface area contributed by atoms with Crippen LogP contribution in [-0.2, 0) is 11.2 Å². The second-order valence-corrected chi connectivity index (χ2v) is 4.82. The van der Waals surface area contributed by atoms with Gasteiger partial charge in [0.15, 0.2) is 0 Å². The molecule has 3 heteroatoms. The zero-order valence-corrected chi connectivity index (χ0v) is 11.4. The first-order chi connectivity index (χ1) is 9.79. The third-order valence-corrected chi connectivity index (χ3v) is 3.56. The molecule has 2 aromatic rings. The Labute approximate surface area is 118 Å². The highest BCUT2D eigenvalue weighted by Gasteiger charge is 2.23. The van der Waals surface area contributed by atoms with Crippen molar-refractivity contribution in [3.05, 3.63) is 60.4 Å². The predicted octanol–water partition coefficient (Wildman–Crippen LogP) is 3.21. The number of allylic oxidation sites excluding steroid dienone is 1. The summed E-state index contributed by atoms with van der Waals surface area (Å²) >= 11 is 0. The van der Waals surface area contributed by atoms with Crippen LogP contribution in [-0.4, -0.2) is 17.4 Å². The Morgan fingerprint density at radius 2 is 2.00 bits per heavy atom. The molecule has 0 bridgehead atoms. The first-order valence-corrected chi connectivity index (χ1v) is 6.77. The number of anilines is 1. The summed E-state index contributed by atoms with van der Waals surface area (Å²) in [6.45, 7) is 2.62. The van der Waals surface area contributed by atoms with E-state index in [1.165, 1.54) is 11.1 Å². The van der Waals surface area contributed by atoms with Gasteiger partial charge < -0.3 is 4.90 Å². The van der Waals surface area contributed by atoms with Crippen molar-refractivity contribution in [2.45, 2.75) is 13.3 Å². The monoisotopic (exact) mass is 264 g/mol. The van der Waals surface area contributed by atoms with E-state index < -0.39 is 0 Å². The molecular formula is C17H16N2O. The molecule has 0 saturated heterocycles. The van der Waals surface area contributed by atoms with Crippen LogP contribution in [0, 0.1) is 0 Å². The maximum absolute atomic E-state index is 12.0. The number of hydrogen-bond donors (Lipinski definition) is 0. The normalized spacial score (nSPS) is 13.8. The van der Waals surface area contributed by atoms with E-state index in [2.05, 4.69) is 17.1 Å². The molecule has 0 N–H and O–H groups in total. The third kappa shape index (κ3) is 2.23. The van der Waals surface area contributed by atoms with Gasteiger partial charge in [0, 0.05) is 24.6 Å². The lowest BCUT2D eigenvalue weighted by atomic mass is 10.0. The van der Waals surface area contributed by atoms with Gasteiger partial charge in [-0.3, -0.25) is 9.78 Å². The van der Waals surface area contributed by atoms with Crippen molar-refractivity contribution in [2.24, 2.45) is 0 Å². The van der Waals surface area contributed by atoms with Gasteiger partial charge in [0.1, 0.15) is 0 Å². The maximum Gasteiger partial charge on any atom is 0.250 e. The molecule has 0 spiro atoms. The number of nitrogens with zero attached hydrogens (tertiary/aromatic N) is 2. The molecule has 0 atom stereocenters. The van der Waals surface area contributed by atoms with Crippen molar-refractivity contribution < 1.29 is 4.79 Å². The van der Waals surface area contributed by atoms with Gasteiger partial charge in [-0.1, -0.05) is 12.1 Å². The van der Waals surface area contributed by atoms with Gasteiger partial charge in [0.25, 0.3) is 5.91 Å². The third-order valence-electron chi connectivity index (χ3n) is 3.56. The van der Waals surface area contributed by atoms with Gasteiger partial charge in [-0.25, -0.2) is 0 Å². The zero-order valence-electron chi connectivity index (χ0n) is 11.4. The van der Waals surface area contributed by atoms with E-state index in [4.69, 9.17) is 0 Å². The number of rotatable bonds is 2. The number of hydrogen-bond acceptors (Lipinski definition) is 2. The van der Waals surface area contributed by atoms with Crippen LogP contribution in [0.25, 0.3) is 11.1 Å². The minimum atomic E-state index is 0.0583. The van der Waals surface area contributed by atoms with Crippen molar-refractivity contribution in [1.82, 2.24) is 4.98 Å². The second-order valence-electron chi connectivity index (χ2n) is 4.82. The van der Waals surface area contributed by atoms with Crippen LogP contribution in [0.5, 0.6) is 0 Å². The highest BCUT2D eigenvalue weighted by Crippen LogP contribution is 2.32. The fraction of sp³-hybridized carbons (Fsp3) is 0.176.